The van der Waals surface area contributed by atoms with E-state index in [0.29, 0.717) is 35.7 Å². The summed E-state index contributed by atoms with van der Waals surface area (Å²) in [5, 5.41) is 20.2. The van der Waals surface area contributed by atoms with Crippen LogP contribution in [-0.2, 0) is 6.61 Å². The molecule has 0 radical (unpaired) electrons. The van der Waals surface area contributed by atoms with E-state index in [9.17, 15) is 10.1 Å². The van der Waals surface area contributed by atoms with Gasteiger partial charge in [-0.3, -0.25) is 14.7 Å². The molecule has 0 saturated carbocycles. The lowest BCUT2D eigenvalue weighted by molar-refractivity contribution is -0.479. The van der Waals surface area contributed by atoms with Crippen LogP contribution >= 0.6 is 11.8 Å². The lowest BCUT2D eigenvalue weighted by Gasteiger charge is -2.17. The van der Waals surface area contributed by atoms with E-state index in [-0.39, 0.29) is 11.5 Å². The van der Waals surface area contributed by atoms with Crippen LogP contribution in [0.4, 0.5) is 0 Å². The first-order valence-corrected chi connectivity index (χ1v) is 13.1. The molecule has 1 heterocycles. The quantitative estimate of drug-likeness (QED) is 0.124. The monoisotopic (exact) mass is 534 g/mol. The van der Waals surface area contributed by atoms with Crippen LogP contribution in [0.25, 0.3) is 5.69 Å². The van der Waals surface area contributed by atoms with Crippen LogP contribution in [0.2, 0.25) is 0 Å². The zero-order valence-corrected chi connectivity index (χ0v) is 22.6. The molecule has 1 atom stereocenters. The molecule has 0 spiro atoms. The molecule has 0 bridgehead atoms. The molecule has 0 aliphatic rings. The van der Waals surface area contributed by atoms with E-state index in [0.717, 1.165) is 22.6 Å². The number of nitro groups is 1. The van der Waals surface area contributed by atoms with Gasteiger partial charge in [-0.25, -0.2) is 0 Å². The predicted octanol–water partition coefficient (Wildman–Crippen LogP) is 5.98. The molecular formula is C28H30N4O5S. The number of hydrogen-bond donors (Lipinski definition) is 0. The molecule has 9 nitrogen and oxygen atoms in total. The van der Waals surface area contributed by atoms with Gasteiger partial charge in [0.05, 0.1) is 13.7 Å². The maximum absolute atomic E-state index is 11.6. The van der Waals surface area contributed by atoms with Crippen molar-refractivity contribution < 1.29 is 19.1 Å². The maximum atomic E-state index is 11.6. The fraction of sp³-hybridized carbons (Fsp3) is 0.286. The van der Waals surface area contributed by atoms with Crippen molar-refractivity contribution >= 4 is 11.8 Å². The first-order chi connectivity index (χ1) is 18.4. The van der Waals surface area contributed by atoms with Gasteiger partial charge in [0.25, 0.3) is 0 Å². The molecular weight excluding hydrogens is 504 g/mol. The number of hydrogen-bond acceptors (Lipinski definition) is 8. The van der Waals surface area contributed by atoms with E-state index in [2.05, 4.69) is 10.2 Å². The van der Waals surface area contributed by atoms with Crippen LogP contribution in [0, 0.1) is 24.0 Å². The summed E-state index contributed by atoms with van der Waals surface area (Å²) in [6, 6.07) is 21.1. The number of rotatable bonds is 12. The highest BCUT2D eigenvalue weighted by Crippen LogP contribution is 2.39. The summed E-state index contributed by atoms with van der Waals surface area (Å²) in [6.45, 7) is 6.47. The van der Waals surface area contributed by atoms with Crippen LogP contribution < -0.4 is 14.2 Å². The lowest BCUT2D eigenvalue weighted by atomic mass is 10.1. The molecule has 38 heavy (non-hydrogen) atoms. The fourth-order valence-electron chi connectivity index (χ4n) is 3.90. The average Bonchev–Trinajstić information content (AvgIpc) is 3.28. The highest BCUT2D eigenvalue weighted by atomic mass is 32.2. The molecule has 198 valence electrons. The van der Waals surface area contributed by atoms with Crippen LogP contribution in [0.3, 0.4) is 0 Å². The van der Waals surface area contributed by atoms with Gasteiger partial charge in [0.1, 0.15) is 23.4 Å². The Kier molecular flexibility index (Phi) is 8.85. The largest absolute Gasteiger partial charge is 0.494 e. The van der Waals surface area contributed by atoms with Crippen molar-refractivity contribution in [1.29, 1.82) is 0 Å². The van der Waals surface area contributed by atoms with Gasteiger partial charge in [0.15, 0.2) is 16.7 Å². The van der Waals surface area contributed by atoms with E-state index in [1.165, 1.54) is 17.3 Å². The summed E-state index contributed by atoms with van der Waals surface area (Å²) in [7, 11) is 1.55. The van der Waals surface area contributed by atoms with Crippen LogP contribution in [0.15, 0.2) is 71.9 Å². The second kappa shape index (κ2) is 12.5. The van der Waals surface area contributed by atoms with Gasteiger partial charge in [-0.1, -0.05) is 47.7 Å². The standard InChI is InChI=1S/C28H30N4O5S/c1-5-36-24-13-11-23(12-14-24)32-20(3)29-30-28(32)38-27(17-31(33)34)22-10-15-25(26(16-22)35-4)37-18-21-8-6-19(2)7-9-21/h6-16,27H,5,17-18H2,1-4H3/t27-/m1/s1. The van der Waals surface area contributed by atoms with E-state index < -0.39 is 5.25 Å². The van der Waals surface area contributed by atoms with Crippen LogP contribution in [0.1, 0.15) is 34.7 Å². The van der Waals surface area contributed by atoms with Gasteiger partial charge >= 0.3 is 0 Å². The molecule has 0 unspecified atom stereocenters. The molecule has 10 heteroatoms. The third kappa shape index (κ3) is 6.63. The van der Waals surface area contributed by atoms with Gasteiger partial charge in [0, 0.05) is 10.6 Å². The Balaban J connectivity index is 1.58. The zero-order chi connectivity index (χ0) is 27.1. The summed E-state index contributed by atoms with van der Waals surface area (Å²) >= 11 is 1.28. The molecule has 4 aromatic rings. The minimum atomic E-state index is -0.532. The normalized spacial score (nSPS) is 11.7. The second-order valence-electron chi connectivity index (χ2n) is 8.60. The number of nitrogens with zero attached hydrogens (tertiary/aromatic N) is 4. The summed E-state index contributed by atoms with van der Waals surface area (Å²) in [4.78, 5) is 11.3. The van der Waals surface area contributed by atoms with Crippen molar-refractivity contribution in [3.63, 3.8) is 0 Å². The highest BCUT2D eigenvalue weighted by Gasteiger charge is 2.25. The summed E-state index contributed by atoms with van der Waals surface area (Å²) in [5.41, 5.74) is 3.78. The number of benzene rings is 3. The first-order valence-electron chi connectivity index (χ1n) is 12.2. The van der Waals surface area contributed by atoms with Crippen LogP contribution in [0.5, 0.6) is 17.2 Å². The number of thioether (sulfide) groups is 1. The van der Waals surface area contributed by atoms with Gasteiger partial charge in [-0.05, 0) is 68.3 Å². The van der Waals surface area contributed by atoms with E-state index in [1.54, 1.807) is 19.2 Å². The topological polar surface area (TPSA) is 102 Å². The Bertz CT molecular complexity index is 1370. The van der Waals surface area contributed by atoms with E-state index in [4.69, 9.17) is 14.2 Å². The fourth-order valence-corrected chi connectivity index (χ4v) is 5.06. The number of aryl methyl sites for hydroxylation is 2. The first kappa shape index (κ1) is 27.0. The lowest BCUT2D eigenvalue weighted by Crippen LogP contribution is -2.11. The third-order valence-electron chi connectivity index (χ3n) is 5.84. The smallest absolute Gasteiger partial charge is 0.220 e. The average molecular weight is 535 g/mol. The molecule has 0 fully saturated rings. The van der Waals surface area contributed by atoms with Gasteiger partial charge in [0.2, 0.25) is 6.54 Å². The van der Waals surface area contributed by atoms with Crippen molar-refractivity contribution in [3.8, 4) is 22.9 Å². The van der Waals surface area contributed by atoms with Gasteiger partial charge < -0.3 is 14.2 Å². The number of aromatic nitrogens is 3. The van der Waals surface area contributed by atoms with Crippen molar-refractivity contribution in [1.82, 2.24) is 14.8 Å². The van der Waals surface area contributed by atoms with Crippen molar-refractivity contribution in [2.24, 2.45) is 0 Å². The number of ether oxygens (including phenoxy) is 3. The molecule has 4 rings (SSSR count). The van der Waals surface area contributed by atoms with Gasteiger partial charge in [-0.15, -0.1) is 10.2 Å². The molecule has 0 saturated heterocycles. The Hall–Kier alpha value is -4.05. The Morgan fingerprint density at radius 3 is 2.37 bits per heavy atom. The van der Waals surface area contributed by atoms with E-state index >= 15 is 0 Å². The van der Waals surface area contributed by atoms with Crippen molar-refractivity contribution in [2.45, 2.75) is 37.8 Å². The molecule has 0 aliphatic heterocycles. The van der Waals surface area contributed by atoms with Gasteiger partial charge in [-0.2, -0.15) is 0 Å². The Morgan fingerprint density at radius 2 is 1.71 bits per heavy atom. The molecule has 0 amide bonds. The Labute approximate surface area is 225 Å². The zero-order valence-electron chi connectivity index (χ0n) is 21.8. The summed E-state index contributed by atoms with van der Waals surface area (Å²) < 4.78 is 19.0. The molecule has 0 N–H and O–H groups in total. The predicted molar refractivity (Wildman–Crippen MR) is 146 cm³/mol. The number of methoxy groups -OCH3 is 1. The SMILES string of the molecule is CCOc1ccc(-n2c(C)nnc2S[C@H](C[N+](=O)[O-])c2ccc(OCc3ccc(C)cc3)c(OC)c2)cc1. The Morgan fingerprint density at radius 1 is 0.974 bits per heavy atom. The minimum Gasteiger partial charge on any atom is -0.494 e. The van der Waals surface area contributed by atoms with Crippen LogP contribution in [-0.4, -0.2) is 39.9 Å². The minimum absolute atomic E-state index is 0.299. The molecule has 3 aromatic carbocycles. The summed E-state index contributed by atoms with van der Waals surface area (Å²) in [5.74, 6) is 2.51. The van der Waals surface area contributed by atoms with Crippen molar-refractivity contribution in [2.75, 3.05) is 20.3 Å². The molecule has 0 aliphatic carbocycles. The van der Waals surface area contributed by atoms with Crippen molar-refractivity contribution in [3.05, 3.63) is 99.4 Å². The van der Waals surface area contributed by atoms with E-state index in [1.807, 2.05) is 79.9 Å². The molecule has 1 aromatic heterocycles. The third-order valence-corrected chi connectivity index (χ3v) is 7.02. The maximum Gasteiger partial charge on any atom is 0.220 e. The highest BCUT2D eigenvalue weighted by molar-refractivity contribution is 7.99. The summed E-state index contributed by atoms with van der Waals surface area (Å²) in [6.07, 6.45) is 0. The second-order valence-corrected chi connectivity index (χ2v) is 9.77.